The van der Waals surface area contributed by atoms with Crippen molar-refractivity contribution in [3.05, 3.63) is 15.6 Å². The summed E-state index contributed by atoms with van der Waals surface area (Å²) in [4.78, 5) is 29.3. The number of aromatic nitrogens is 1. The Morgan fingerprint density at radius 2 is 2.00 bits per heavy atom. The van der Waals surface area contributed by atoms with Crippen molar-refractivity contribution in [2.75, 3.05) is 13.1 Å². The van der Waals surface area contributed by atoms with Crippen LogP contribution >= 0.6 is 11.3 Å². The number of carbonyl (C=O) groups excluding carboxylic acids is 1. The van der Waals surface area contributed by atoms with E-state index in [0.717, 1.165) is 37.3 Å². The number of amides is 2. The molecular weight excluding hydrogens is 290 g/mol. The van der Waals surface area contributed by atoms with Gasteiger partial charge in [-0.25, -0.2) is 14.6 Å². The van der Waals surface area contributed by atoms with Crippen molar-refractivity contribution in [3.8, 4) is 0 Å². The van der Waals surface area contributed by atoms with Gasteiger partial charge in [0.15, 0.2) is 0 Å². The highest BCUT2D eigenvalue weighted by molar-refractivity contribution is 7.13. The Hall–Kier alpha value is -1.63. The number of rotatable bonds is 3. The van der Waals surface area contributed by atoms with Crippen molar-refractivity contribution in [1.82, 2.24) is 15.2 Å². The average molecular weight is 311 g/mol. The molecule has 21 heavy (non-hydrogen) atoms. The van der Waals surface area contributed by atoms with Crippen molar-refractivity contribution in [2.45, 2.75) is 40.2 Å². The molecule has 0 aromatic carbocycles. The molecule has 2 rings (SSSR count). The summed E-state index contributed by atoms with van der Waals surface area (Å²) in [6.45, 7) is 7.89. The van der Waals surface area contributed by atoms with E-state index in [0.29, 0.717) is 16.1 Å². The Labute approximate surface area is 128 Å². The first-order chi connectivity index (χ1) is 9.78. The summed E-state index contributed by atoms with van der Waals surface area (Å²) in [6.07, 6.45) is 2.00. The van der Waals surface area contributed by atoms with E-state index in [2.05, 4.69) is 24.1 Å². The van der Waals surface area contributed by atoms with E-state index >= 15 is 0 Å². The van der Waals surface area contributed by atoms with Crippen molar-refractivity contribution in [2.24, 2.45) is 5.41 Å². The number of hydrogen-bond donors (Lipinski definition) is 2. The molecular formula is C14H21N3O3S. The normalized spacial score (nSPS) is 17.6. The number of nitrogens with one attached hydrogen (secondary N) is 1. The Balaban J connectivity index is 1.87. The molecule has 2 N–H and O–H groups in total. The number of nitrogens with zero attached hydrogens (tertiary/aromatic N) is 2. The van der Waals surface area contributed by atoms with Gasteiger partial charge in [-0.05, 0) is 25.2 Å². The highest BCUT2D eigenvalue weighted by Gasteiger charge is 2.27. The number of thiazole rings is 1. The Bertz CT molecular complexity index is 544. The molecule has 1 fully saturated rings. The second kappa shape index (κ2) is 6.01. The third-order valence-electron chi connectivity index (χ3n) is 3.83. The molecule has 1 aromatic heterocycles. The highest BCUT2D eigenvalue weighted by atomic mass is 32.1. The number of carboxylic acid groups (broad SMARTS) is 1. The number of carbonyl (C=O) groups is 2. The molecule has 1 aliphatic rings. The minimum absolute atomic E-state index is 0.102. The molecule has 1 aliphatic heterocycles. The summed E-state index contributed by atoms with van der Waals surface area (Å²) < 4.78 is 0. The maximum absolute atomic E-state index is 12.1. The van der Waals surface area contributed by atoms with Gasteiger partial charge in [0.25, 0.3) is 0 Å². The van der Waals surface area contributed by atoms with E-state index < -0.39 is 5.97 Å². The Morgan fingerprint density at radius 1 is 1.38 bits per heavy atom. The second-order valence-corrected chi connectivity index (χ2v) is 7.22. The molecule has 0 aliphatic carbocycles. The van der Waals surface area contributed by atoms with Gasteiger partial charge in [-0.3, -0.25) is 0 Å². The fourth-order valence-corrected chi connectivity index (χ4v) is 3.15. The molecule has 0 saturated carbocycles. The van der Waals surface area contributed by atoms with Gasteiger partial charge in [0.1, 0.15) is 9.88 Å². The van der Waals surface area contributed by atoms with Gasteiger partial charge < -0.3 is 15.3 Å². The van der Waals surface area contributed by atoms with E-state index in [1.54, 1.807) is 6.92 Å². The van der Waals surface area contributed by atoms with Crippen LogP contribution in [0, 0.1) is 12.3 Å². The van der Waals surface area contributed by atoms with Gasteiger partial charge >= 0.3 is 12.0 Å². The Morgan fingerprint density at radius 3 is 2.52 bits per heavy atom. The molecule has 7 heteroatoms. The third-order valence-corrected chi connectivity index (χ3v) is 4.98. The molecule has 6 nitrogen and oxygen atoms in total. The lowest BCUT2D eigenvalue weighted by molar-refractivity contribution is 0.0701. The van der Waals surface area contributed by atoms with Crippen LogP contribution in [0.2, 0.25) is 0 Å². The van der Waals surface area contributed by atoms with E-state index in [9.17, 15) is 9.59 Å². The quantitative estimate of drug-likeness (QED) is 0.898. The molecule has 1 aromatic rings. The smallest absolute Gasteiger partial charge is 0.347 e. The van der Waals surface area contributed by atoms with Crippen molar-refractivity contribution in [3.63, 3.8) is 0 Å². The van der Waals surface area contributed by atoms with Crippen LogP contribution in [-0.2, 0) is 6.54 Å². The fraction of sp³-hybridized carbons (Fsp3) is 0.643. The zero-order valence-electron chi connectivity index (χ0n) is 12.6. The zero-order valence-corrected chi connectivity index (χ0v) is 13.4. The summed E-state index contributed by atoms with van der Waals surface area (Å²) in [7, 11) is 0. The van der Waals surface area contributed by atoms with Crippen LogP contribution < -0.4 is 5.32 Å². The average Bonchev–Trinajstić information content (AvgIpc) is 2.77. The van der Waals surface area contributed by atoms with E-state index in [1.807, 2.05) is 4.90 Å². The van der Waals surface area contributed by atoms with Crippen LogP contribution in [0.1, 0.15) is 47.1 Å². The first-order valence-electron chi connectivity index (χ1n) is 7.01. The molecule has 2 amide bonds. The minimum Gasteiger partial charge on any atom is -0.477 e. The molecule has 2 heterocycles. The lowest BCUT2D eigenvalue weighted by Crippen LogP contribution is -2.45. The predicted molar refractivity (Wildman–Crippen MR) is 80.6 cm³/mol. The van der Waals surface area contributed by atoms with Crippen LogP contribution in [0.5, 0.6) is 0 Å². The number of carboxylic acids is 1. The molecule has 0 bridgehead atoms. The number of hydrogen-bond acceptors (Lipinski definition) is 4. The van der Waals surface area contributed by atoms with Crippen molar-refractivity contribution in [1.29, 1.82) is 0 Å². The Kier molecular flexibility index (Phi) is 4.51. The maximum Gasteiger partial charge on any atom is 0.347 e. The van der Waals surface area contributed by atoms with Gasteiger partial charge in [0, 0.05) is 13.1 Å². The summed E-state index contributed by atoms with van der Waals surface area (Å²) in [6, 6.07) is -0.102. The molecule has 0 radical (unpaired) electrons. The number of aromatic carboxylic acids is 1. The van der Waals surface area contributed by atoms with Gasteiger partial charge in [0.05, 0.1) is 12.2 Å². The summed E-state index contributed by atoms with van der Waals surface area (Å²) in [5, 5.41) is 12.4. The lowest BCUT2D eigenvalue weighted by atomic mass is 9.83. The third kappa shape index (κ3) is 3.93. The minimum atomic E-state index is -0.971. The number of likely N-dealkylation sites (tertiary alicyclic amines) is 1. The molecule has 116 valence electrons. The van der Waals surface area contributed by atoms with Gasteiger partial charge in [0.2, 0.25) is 0 Å². The van der Waals surface area contributed by atoms with Crippen LogP contribution in [-0.4, -0.2) is 40.1 Å². The monoisotopic (exact) mass is 311 g/mol. The zero-order chi connectivity index (χ0) is 15.6. The summed E-state index contributed by atoms with van der Waals surface area (Å²) >= 11 is 1.11. The number of urea groups is 1. The van der Waals surface area contributed by atoms with E-state index in [1.165, 1.54) is 0 Å². The summed E-state index contributed by atoms with van der Waals surface area (Å²) in [5.74, 6) is -0.971. The van der Waals surface area contributed by atoms with Crippen LogP contribution in [0.15, 0.2) is 0 Å². The second-order valence-electron chi connectivity index (χ2n) is 6.14. The molecule has 0 spiro atoms. The molecule has 1 saturated heterocycles. The van der Waals surface area contributed by atoms with E-state index in [4.69, 9.17) is 5.11 Å². The standard InChI is InChI=1S/C14H21N3O3S/c1-9-11(12(18)19)21-10(16-9)8-15-13(20)17-6-4-14(2,3)5-7-17/h4-8H2,1-3H3,(H,15,20)(H,18,19). The van der Waals surface area contributed by atoms with Gasteiger partial charge in [-0.2, -0.15) is 0 Å². The SMILES string of the molecule is Cc1nc(CNC(=O)N2CCC(C)(C)CC2)sc1C(=O)O. The van der Waals surface area contributed by atoms with Crippen molar-refractivity contribution >= 4 is 23.3 Å². The first kappa shape index (κ1) is 15.8. The summed E-state index contributed by atoms with van der Waals surface area (Å²) in [5.41, 5.74) is 0.802. The maximum atomic E-state index is 12.1. The number of aryl methyl sites for hydroxylation is 1. The van der Waals surface area contributed by atoms with Gasteiger partial charge in [-0.15, -0.1) is 11.3 Å². The van der Waals surface area contributed by atoms with Crippen LogP contribution in [0.3, 0.4) is 0 Å². The van der Waals surface area contributed by atoms with Crippen molar-refractivity contribution < 1.29 is 14.7 Å². The predicted octanol–water partition coefficient (Wildman–Crippen LogP) is 2.48. The number of piperidine rings is 1. The van der Waals surface area contributed by atoms with Crippen LogP contribution in [0.4, 0.5) is 4.79 Å². The van der Waals surface area contributed by atoms with Gasteiger partial charge in [-0.1, -0.05) is 13.8 Å². The topological polar surface area (TPSA) is 82.5 Å². The first-order valence-corrected chi connectivity index (χ1v) is 7.82. The fourth-order valence-electron chi connectivity index (χ4n) is 2.30. The highest BCUT2D eigenvalue weighted by Crippen LogP contribution is 2.29. The van der Waals surface area contributed by atoms with E-state index in [-0.39, 0.29) is 17.5 Å². The molecule has 0 unspecified atom stereocenters. The van der Waals surface area contributed by atoms with Crippen LogP contribution in [0.25, 0.3) is 0 Å². The largest absolute Gasteiger partial charge is 0.477 e. The molecule has 0 atom stereocenters. The lowest BCUT2D eigenvalue weighted by Gasteiger charge is -2.36.